The second kappa shape index (κ2) is 7.00. The predicted molar refractivity (Wildman–Crippen MR) is 62.1 cm³/mol. The molecular formula is C9H16N2O4S. The van der Waals surface area contributed by atoms with Gasteiger partial charge in [0.15, 0.2) is 9.84 Å². The van der Waals surface area contributed by atoms with Gasteiger partial charge in [0, 0.05) is 7.05 Å². The molecule has 1 N–H and O–H groups in total. The van der Waals surface area contributed by atoms with E-state index in [9.17, 15) is 13.2 Å². The lowest BCUT2D eigenvalue weighted by Gasteiger charge is -2.03. The fourth-order valence-electron chi connectivity index (χ4n) is 0.837. The van der Waals surface area contributed by atoms with Gasteiger partial charge < -0.3 is 5.32 Å². The minimum absolute atomic E-state index is 0.119. The Hall–Kier alpha value is -1.37. The van der Waals surface area contributed by atoms with Crippen LogP contribution < -0.4 is 5.32 Å². The smallest absolute Gasteiger partial charge is 0.323 e. The summed E-state index contributed by atoms with van der Waals surface area (Å²) in [6.45, 7) is 5.08. The van der Waals surface area contributed by atoms with Crippen molar-refractivity contribution in [2.75, 3.05) is 18.6 Å². The predicted octanol–water partition coefficient (Wildman–Crippen LogP) is 0.709. The summed E-state index contributed by atoms with van der Waals surface area (Å²) in [6.07, 6.45) is 0.974. The van der Waals surface area contributed by atoms with E-state index in [4.69, 9.17) is 0 Å². The molecule has 0 aromatic rings. The molecule has 0 rings (SSSR count). The Bertz CT molecular complexity index is 373. The van der Waals surface area contributed by atoms with Gasteiger partial charge in [-0.25, -0.2) is 13.2 Å². The standard InChI is InChI=1S/C9H16N2O4S/c1-4-6-16(13,14)7-8(5-2)11-15-9(12)10-3/h4H,1,5-7H2,2-3H3,(H,10,12). The number of nitrogens with one attached hydrogen (secondary N) is 1. The molecular weight excluding hydrogens is 232 g/mol. The van der Waals surface area contributed by atoms with Gasteiger partial charge in [-0.15, -0.1) is 6.58 Å². The third kappa shape index (κ3) is 6.18. The van der Waals surface area contributed by atoms with Crippen molar-refractivity contribution in [3.05, 3.63) is 12.7 Å². The van der Waals surface area contributed by atoms with Crippen molar-refractivity contribution in [3.63, 3.8) is 0 Å². The van der Waals surface area contributed by atoms with Crippen LogP contribution in [0.3, 0.4) is 0 Å². The molecule has 0 aliphatic carbocycles. The number of amides is 1. The number of hydrogen-bond donors (Lipinski definition) is 1. The van der Waals surface area contributed by atoms with Crippen LogP contribution in [0.1, 0.15) is 13.3 Å². The first-order valence-electron chi connectivity index (χ1n) is 4.71. The van der Waals surface area contributed by atoms with Crippen molar-refractivity contribution in [2.45, 2.75) is 13.3 Å². The summed E-state index contributed by atoms with van der Waals surface area (Å²) in [6, 6.07) is 0. The van der Waals surface area contributed by atoms with E-state index in [0.717, 1.165) is 0 Å². The molecule has 1 amide bonds. The third-order valence-corrected chi connectivity index (χ3v) is 3.14. The van der Waals surface area contributed by atoms with Gasteiger partial charge in [0.25, 0.3) is 0 Å². The van der Waals surface area contributed by atoms with Crippen molar-refractivity contribution in [2.24, 2.45) is 5.16 Å². The molecule has 0 aliphatic heterocycles. The SMILES string of the molecule is C=CCS(=O)(=O)CC(CC)=NOC(=O)NC. The number of nitrogens with zero attached hydrogens (tertiary/aromatic N) is 1. The summed E-state index contributed by atoms with van der Waals surface area (Å²) in [7, 11) is -1.87. The van der Waals surface area contributed by atoms with Crippen molar-refractivity contribution in [3.8, 4) is 0 Å². The van der Waals surface area contributed by atoms with Crippen molar-refractivity contribution in [1.82, 2.24) is 5.32 Å². The number of oxime groups is 1. The number of rotatable bonds is 6. The molecule has 0 aromatic carbocycles. The summed E-state index contributed by atoms with van der Waals surface area (Å²) in [5, 5.41) is 5.67. The lowest BCUT2D eigenvalue weighted by atomic mass is 10.3. The average Bonchev–Trinajstić information content (AvgIpc) is 2.23. The largest absolute Gasteiger partial charge is 0.433 e. The Morgan fingerprint density at radius 2 is 2.19 bits per heavy atom. The topological polar surface area (TPSA) is 84.8 Å². The molecule has 16 heavy (non-hydrogen) atoms. The van der Waals surface area contributed by atoms with Crippen LogP contribution >= 0.6 is 0 Å². The monoisotopic (exact) mass is 248 g/mol. The second-order valence-corrected chi connectivity index (χ2v) is 5.09. The molecule has 92 valence electrons. The number of carbonyl (C=O) groups is 1. The first-order valence-corrected chi connectivity index (χ1v) is 6.53. The molecule has 0 atom stereocenters. The fraction of sp³-hybridized carbons (Fsp3) is 0.556. The van der Waals surface area contributed by atoms with Crippen LogP contribution in [-0.2, 0) is 14.7 Å². The maximum atomic E-state index is 11.4. The lowest BCUT2D eigenvalue weighted by Crippen LogP contribution is -2.21. The van der Waals surface area contributed by atoms with E-state index < -0.39 is 15.9 Å². The molecule has 0 saturated carbocycles. The molecule has 6 nitrogen and oxygen atoms in total. The Balaban J connectivity index is 4.51. The Kier molecular flexibility index (Phi) is 6.40. The van der Waals surface area contributed by atoms with Crippen molar-refractivity contribution in [1.29, 1.82) is 0 Å². The highest BCUT2D eigenvalue weighted by Gasteiger charge is 2.13. The van der Waals surface area contributed by atoms with E-state index >= 15 is 0 Å². The molecule has 0 radical (unpaired) electrons. The first kappa shape index (κ1) is 14.6. The Morgan fingerprint density at radius 1 is 1.56 bits per heavy atom. The molecule has 0 aromatic heterocycles. The average molecular weight is 248 g/mol. The zero-order chi connectivity index (χ0) is 12.6. The summed E-state index contributed by atoms with van der Waals surface area (Å²) in [5.74, 6) is -0.349. The minimum Gasteiger partial charge on any atom is -0.323 e. The molecule has 0 aliphatic rings. The van der Waals surface area contributed by atoms with Crippen LogP contribution in [0, 0.1) is 0 Å². The summed E-state index contributed by atoms with van der Waals surface area (Å²) in [5.41, 5.74) is 0.297. The van der Waals surface area contributed by atoms with E-state index in [-0.39, 0.29) is 11.5 Å². The highest BCUT2D eigenvalue weighted by atomic mass is 32.2. The van der Waals surface area contributed by atoms with Crippen molar-refractivity contribution >= 4 is 21.6 Å². The molecule has 0 saturated heterocycles. The minimum atomic E-state index is -3.26. The van der Waals surface area contributed by atoms with E-state index in [1.807, 2.05) is 0 Å². The van der Waals surface area contributed by atoms with Gasteiger partial charge in [-0.2, -0.15) is 0 Å². The number of carbonyl (C=O) groups excluding carboxylic acids is 1. The summed E-state index contributed by atoms with van der Waals surface area (Å²) in [4.78, 5) is 15.1. The first-order chi connectivity index (χ1) is 7.45. The van der Waals surface area contributed by atoms with Gasteiger partial charge >= 0.3 is 6.09 Å². The second-order valence-electron chi connectivity index (χ2n) is 2.98. The quantitative estimate of drug-likeness (QED) is 0.325. The molecule has 0 spiro atoms. The van der Waals surface area contributed by atoms with Crippen LogP contribution in [0.5, 0.6) is 0 Å². The molecule has 0 bridgehead atoms. The van der Waals surface area contributed by atoms with E-state index in [1.165, 1.54) is 13.1 Å². The number of hydrogen-bond acceptors (Lipinski definition) is 5. The molecule has 0 heterocycles. The highest BCUT2D eigenvalue weighted by molar-refractivity contribution is 7.92. The maximum absolute atomic E-state index is 11.4. The van der Waals surface area contributed by atoms with Gasteiger partial charge in [-0.3, -0.25) is 4.84 Å². The Morgan fingerprint density at radius 3 is 2.62 bits per heavy atom. The summed E-state index contributed by atoms with van der Waals surface area (Å²) < 4.78 is 22.8. The van der Waals surface area contributed by atoms with Gasteiger partial charge in [-0.05, 0) is 6.42 Å². The maximum Gasteiger partial charge on any atom is 0.433 e. The zero-order valence-corrected chi connectivity index (χ0v) is 10.2. The van der Waals surface area contributed by atoms with E-state index in [2.05, 4.69) is 21.9 Å². The molecule has 0 fully saturated rings. The lowest BCUT2D eigenvalue weighted by molar-refractivity contribution is 0.153. The third-order valence-electron chi connectivity index (χ3n) is 1.63. The van der Waals surface area contributed by atoms with Crippen LogP contribution in [0.15, 0.2) is 17.8 Å². The van der Waals surface area contributed by atoms with E-state index in [1.54, 1.807) is 6.92 Å². The van der Waals surface area contributed by atoms with Gasteiger partial charge in [0.2, 0.25) is 0 Å². The highest BCUT2D eigenvalue weighted by Crippen LogP contribution is 1.97. The van der Waals surface area contributed by atoms with Gasteiger partial charge in [0.1, 0.15) is 0 Å². The number of sulfone groups is 1. The normalized spacial score (nSPS) is 12.0. The van der Waals surface area contributed by atoms with Gasteiger partial charge in [0.05, 0.1) is 17.2 Å². The Labute approximate surface area is 95.3 Å². The van der Waals surface area contributed by atoms with Crippen LogP contribution in [-0.4, -0.2) is 38.8 Å². The van der Waals surface area contributed by atoms with Crippen LogP contribution in [0.2, 0.25) is 0 Å². The zero-order valence-electron chi connectivity index (χ0n) is 9.39. The van der Waals surface area contributed by atoms with Crippen molar-refractivity contribution < 1.29 is 18.0 Å². The van der Waals surface area contributed by atoms with Crippen LogP contribution in [0.25, 0.3) is 0 Å². The van der Waals surface area contributed by atoms with Gasteiger partial charge in [-0.1, -0.05) is 18.2 Å². The summed E-state index contributed by atoms with van der Waals surface area (Å²) >= 11 is 0. The molecule has 7 heteroatoms. The fourth-order valence-corrected chi connectivity index (χ4v) is 2.08. The van der Waals surface area contributed by atoms with Crippen LogP contribution in [0.4, 0.5) is 4.79 Å². The molecule has 0 unspecified atom stereocenters. The van der Waals surface area contributed by atoms with E-state index in [0.29, 0.717) is 12.1 Å².